The van der Waals surface area contributed by atoms with Gasteiger partial charge in [-0.25, -0.2) is 0 Å². The Balaban J connectivity index is 2.12. The van der Waals surface area contributed by atoms with E-state index in [2.05, 4.69) is 0 Å². The normalized spacial score (nSPS) is 10.2. The van der Waals surface area contributed by atoms with Crippen LogP contribution in [-0.2, 0) is 4.79 Å². The molecule has 0 aromatic heterocycles. The number of carbonyl (C=O) groups excluding carboxylic acids is 2. The van der Waals surface area contributed by atoms with Gasteiger partial charge in [-0.05, 0) is 17.5 Å². The molecule has 0 aliphatic heterocycles. The number of carbonyl (C=O) groups is 2. The average Bonchev–Trinajstić information content (AvgIpc) is 2.53. The Kier molecular flexibility index (Phi) is 4.83. The smallest absolute Gasteiger partial charge is 0.228 e. The molecule has 2 heteroatoms. The predicted octanol–water partition coefficient (Wildman–Crippen LogP) is 4.30. The summed E-state index contributed by atoms with van der Waals surface area (Å²) in [6.07, 6.45) is 2.04. The molecule has 0 atom stereocenters. The Morgan fingerprint density at radius 2 is 1.45 bits per heavy atom. The van der Waals surface area contributed by atoms with Crippen molar-refractivity contribution in [3.63, 3.8) is 0 Å². The molecular formula is C18H18O2. The third-order valence-corrected chi connectivity index (χ3v) is 3.26. The molecule has 0 spiro atoms. The van der Waals surface area contributed by atoms with Gasteiger partial charge >= 0.3 is 0 Å². The summed E-state index contributed by atoms with van der Waals surface area (Å²) in [6.45, 7) is 2.01. The quantitative estimate of drug-likeness (QED) is 0.577. The average molecular weight is 266 g/mol. The van der Waals surface area contributed by atoms with Crippen LogP contribution in [0, 0.1) is 0 Å². The van der Waals surface area contributed by atoms with Crippen LogP contribution in [0.25, 0.3) is 11.1 Å². The van der Waals surface area contributed by atoms with Crippen LogP contribution in [0.3, 0.4) is 0 Å². The van der Waals surface area contributed by atoms with E-state index in [9.17, 15) is 9.59 Å². The zero-order valence-corrected chi connectivity index (χ0v) is 11.6. The Bertz CT molecular complexity index is 583. The van der Waals surface area contributed by atoms with Crippen molar-refractivity contribution in [1.29, 1.82) is 0 Å². The molecule has 2 aromatic carbocycles. The Morgan fingerprint density at radius 3 is 2.05 bits per heavy atom. The fourth-order valence-corrected chi connectivity index (χ4v) is 2.06. The second-order valence-electron chi connectivity index (χ2n) is 4.80. The summed E-state index contributed by atoms with van der Waals surface area (Å²) in [7, 11) is 0. The van der Waals surface area contributed by atoms with Crippen LogP contribution in [0.4, 0.5) is 0 Å². The lowest BCUT2D eigenvalue weighted by atomic mass is 9.99. The standard InChI is InChI=1S/C18H18O2/c1-2-3-9-17(19)18(20)16-12-10-15(11-13-16)14-7-5-4-6-8-14/h4-8,10-13H,2-3,9H2,1H3. The van der Waals surface area contributed by atoms with E-state index in [-0.39, 0.29) is 11.6 Å². The molecule has 0 amide bonds. The third-order valence-electron chi connectivity index (χ3n) is 3.26. The van der Waals surface area contributed by atoms with Crippen LogP contribution in [0.2, 0.25) is 0 Å². The highest BCUT2D eigenvalue weighted by molar-refractivity contribution is 6.43. The van der Waals surface area contributed by atoms with Crippen LogP contribution in [0.1, 0.15) is 36.5 Å². The molecule has 0 N–H and O–H groups in total. The van der Waals surface area contributed by atoms with Crippen molar-refractivity contribution in [2.24, 2.45) is 0 Å². The highest BCUT2D eigenvalue weighted by Crippen LogP contribution is 2.19. The Hall–Kier alpha value is -2.22. The van der Waals surface area contributed by atoms with Crippen LogP contribution in [-0.4, -0.2) is 11.6 Å². The number of benzene rings is 2. The molecule has 0 unspecified atom stereocenters. The van der Waals surface area contributed by atoms with Gasteiger partial charge in [0.15, 0.2) is 0 Å². The molecule has 102 valence electrons. The van der Waals surface area contributed by atoms with Crippen LogP contribution in [0.15, 0.2) is 54.6 Å². The number of rotatable bonds is 6. The maximum Gasteiger partial charge on any atom is 0.228 e. The summed E-state index contributed by atoms with van der Waals surface area (Å²) in [6, 6.07) is 17.2. The van der Waals surface area contributed by atoms with Gasteiger partial charge in [-0.1, -0.05) is 67.9 Å². The van der Waals surface area contributed by atoms with Gasteiger partial charge < -0.3 is 0 Å². The lowest BCUT2D eigenvalue weighted by Gasteiger charge is -2.03. The topological polar surface area (TPSA) is 34.1 Å². The Morgan fingerprint density at radius 1 is 0.850 bits per heavy atom. The molecule has 0 radical (unpaired) electrons. The molecule has 0 bridgehead atoms. The van der Waals surface area contributed by atoms with E-state index >= 15 is 0 Å². The van der Waals surface area contributed by atoms with Crippen molar-refractivity contribution in [3.05, 3.63) is 60.2 Å². The van der Waals surface area contributed by atoms with Gasteiger partial charge in [-0.15, -0.1) is 0 Å². The van der Waals surface area contributed by atoms with Crippen LogP contribution < -0.4 is 0 Å². The maximum absolute atomic E-state index is 11.9. The molecule has 20 heavy (non-hydrogen) atoms. The lowest BCUT2D eigenvalue weighted by molar-refractivity contribution is -0.115. The number of ketones is 2. The lowest BCUT2D eigenvalue weighted by Crippen LogP contribution is -2.13. The van der Waals surface area contributed by atoms with E-state index in [4.69, 9.17) is 0 Å². The first-order valence-electron chi connectivity index (χ1n) is 6.95. The molecule has 0 saturated carbocycles. The van der Waals surface area contributed by atoms with Gasteiger partial charge in [0.25, 0.3) is 0 Å². The summed E-state index contributed by atoms with van der Waals surface area (Å²) < 4.78 is 0. The van der Waals surface area contributed by atoms with Crippen molar-refractivity contribution in [3.8, 4) is 11.1 Å². The molecule has 0 heterocycles. The van der Waals surface area contributed by atoms with Crippen LogP contribution >= 0.6 is 0 Å². The van der Waals surface area contributed by atoms with E-state index in [1.807, 2.05) is 49.4 Å². The van der Waals surface area contributed by atoms with Gasteiger partial charge in [0.05, 0.1) is 0 Å². The molecule has 2 aromatic rings. The third kappa shape index (κ3) is 3.41. The molecule has 0 fully saturated rings. The van der Waals surface area contributed by atoms with Gasteiger partial charge in [0, 0.05) is 12.0 Å². The summed E-state index contributed by atoms with van der Waals surface area (Å²) in [4.78, 5) is 23.7. The van der Waals surface area contributed by atoms with E-state index in [1.165, 1.54) is 0 Å². The minimum Gasteiger partial charge on any atom is -0.290 e. The van der Waals surface area contributed by atoms with E-state index in [0.29, 0.717) is 12.0 Å². The van der Waals surface area contributed by atoms with Crippen LogP contribution in [0.5, 0.6) is 0 Å². The molecule has 2 nitrogen and oxygen atoms in total. The van der Waals surface area contributed by atoms with Gasteiger partial charge in [-0.2, -0.15) is 0 Å². The summed E-state index contributed by atoms with van der Waals surface area (Å²) in [5.74, 6) is -0.669. The summed E-state index contributed by atoms with van der Waals surface area (Å²) in [5.41, 5.74) is 2.62. The zero-order chi connectivity index (χ0) is 14.4. The minimum atomic E-state index is -0.377. The maximum atomic E-state index is 11.9. The fourth-order valence-electron chi connectivity index (χ4n) is 2.06. The SMILES string of the molecule is CCCCC(=O)C(=O)c1ccc(-c2ccccc2)cc1. The minimum absolute atomic E-state index is 0.292. The van der Waals surface area contributed by atoms with Crippen molar-refractivity contribution in [2.75, 3.05) is 0 Å². The molecule has 0 aliphatic carbocycles. The van der Waals surface area contributed by atoms with Gasteiger partial charge in [-0.3, -0.25) is 9.59 Å². The Labute approximate surface area is 119 Å². The zero-order valence-electron chi connectivity index (χ0n) is 11.6. The van der Waals surface area contributed by atoms with E-state index < -0.39 is 0 Å². The predicted molar refractivity (Wildman–Crippen MR) is 80.7 cm³/mol. The number of hydrogen-bond acceptors (Lipinski definition) is 2. The second kappa shape index (κ2) is 6.80. The molecule has 2 rings (SSSR count). The van der Waals surface area contributed by atoms with Crippen molar-refractivity contribution in [1.82, 2.24) is 0 Å². The largest absolute Gasteiger partial charge is 0.290 e. The monoisotopic (exact) mass is 266 g/mol. The number of unbranched alkanes of at least 4 members (excludes halogenated alkanes) is 1. The van der Waals surface area contributed by atoms with E-state index in [0.717, 1.165) is 24.0 Å². The molecule has 0 aliphatic rings. The molecular weight excluding hydrogens is 248 g/mol. The van der Waals surface area contributed by atoms with Gasteiger partial charge in [0.2, 0.25) is 11.6 Å². The summed E-state index contributed by atoms with van der Waals surface area (Å²) >= 11 is 0. The van der Waals surface area contributed by atoms with Crippen molar-refractivity contribution in [2.45, 2.75) is 26.2 Å². The fraction of sp³-hybridized carbons (Fsp3) is 0.222. The number of Topliss-reactive ketones (excluding diaryl/α,β-unsaturated/α-hetero) is 2. The van der Waals surface area contributed by atoms with Gasteiger partial charge in [0.1, 0.15) is 0 Å². The van der Waals surface area contributed by atoms with Crippen molar-refractivity contribution >= 4 is 11.6 Å². The molecule has 0 saturated heterocycles. The summed E-state index contributed by atoms with van der Waals surface area (Å²) in [5, 5.41) is 0. The highest BCUT2D eigenvalue weighted by atomic mass is 16.2. The first-order valence-corrected chi connectivity index (χ1v) is 6.95. The van der Waals surface area contributed by atoms with E-state index in [1.54, 1.807) is 12.1 Å². The first-order chi connectivity index (χ1) is 9.72. The second-order valence-corrected chi connectivity index (χ2v) is 4.80. The number of hydrogen-bond donors (Lipinski definition) is 0. The first kappa shape index (κ1) is 14.2. The highest BCUT2D eigenvalue weighted by Gasteiger charge is 2.15. The van der Waals surface area contributed by atoms with Crippen molar-refractivity contribution < 1.29 is 9.59 Å².